The SMILES string of the molecule is O=C(CF)OC(=O)CF.c1ccncc1. The number of esters is 2. The lowest BCUT2D eigenvalue weighted by molar-refractivity contribution is -0.160. The van der Waals surface area contributed by atoms with Crippen molar-refractivity contribution in [3.8, 4) is 0 Å². The molecule has 1 aromatic rings. The summed E-state index contributed by atoms with van der Waals surface area (Å²) in [5.41, 5.74) is 0. The maximum atomic E-state index is 11.1. The lowest BCUT2D eigenvalue weighted by atomic mass is 10.5. The van der Waals surface area contributed by atoms with E-state index >= 15 is 0 Å². The Bertz CT molecular complexity index is 252. The van der Waals surface area contributed by atoms with Crippen molar-refractivity contribution in [1.82, 2.24) is 4.98 Å². The first-order chi connectivity index (χ1) is 7.20. The van der Waals surface area contributed by atoms with Gasteiger partial charge < -0.3 is 4.74 Å². The maximum Gasteiger partial charge on any atom is 0.345 e. The molecule has 0 unspecified atom stereocenters. The van der Waals surface area contributed by atoms with E-state index in [9.17, 15) is 18.4 Å². The van der Waals surface area contributed by atoms with Gasteiger partial charge in [-0.3, -0.25) is 4.98 Å². The summed E-state index contributed by atoms with van der Waals surface area (Å²) in [5.74, 6) is -2.73. The summed E-state index contributed by atoms with van der Waals surface area (Å²) in [4.78, 5) is 23.4. The van der Waals surface area contributed by atoms with Crippen LogP contribution in [0.1, 0.15) is 0 Å². The molecule has 0 bridgehead atoms. The van der Waals surface area contributed by atoms with Gasteiger partial charge in [0.2, 0.25) is 0 Å². The number of rotatable bonds is 2. The van der Waals surface area contributed by atoms with Crippen LogP contribution in [0.5, 0.6) is 0 Å². The average molecular weight is 217 g/mol. The Morgan fingerprint density at radius 1 is 1.00 bits per heavy atom. The van der Waals surface area contributed by atoms with E-state index < -0.39 is 25.3 Å². The Hall–Kier alpha value is -1.85. The standard InChI is InChI=1S/C5H5N.C4H4F2O3/c1-2-4-6-5-3-1;5-1-3(7)9-4(8)2-6/h1-5H;1-2H2. The van der Waals surface area contributed by atoms with Crippen molar-refractivity contribution >= 4 is 11.9 Å². The summed E-state index contributed by atoms with van der Waals surface area (Å²) in [6, 6.07) is 5.72. The second-order valence-corrected chi connectivity index (χ2v) is 2.14. The zero-order chi connectivity index (χ0) is 11.5. The Labute approximate surface area is 84.9 Å². The minimum Gasteiger partial charge on any atom is -0.389 e. The molecule has 0 aliphatic heterocycles. The molecular weight excluding hydrogens is 208 g/mol. The van der Waals surface area contributed by atoms with Gasteiger partial charge in [-0.2, -0.15) is 0 Å². The van der Waals surface area contributed by atoms with Gasteiger partial charge in [0, 0.05) is 12.4 Å². The van der Waals surface area contributed by atoms with Gasteiger partial charge in [0.15, 0.2) is 13.3 Å². The molecule has 4 nitrogen and oxygen atoms in total. The quantitative estimate of drug-likeness (QED) is 0.549. The molecule has 0 atom stereocenters. The van der Waals surface area contributed by atoms with Crippen LogP contribution in [0.4, 0.5) is 8.78 Å². The Morgan fingerprint density at radius 2 is 1.47 bits per heavy atom. The second kappa shape index (κ2) is 8.74. The lowest BCUT2D eigenvalue weighted by Crippen LogP contribution is -2.14. The molecule has 0 radical (unpaired) electrons. The summed E-state index contributed by atoms with van der Waals surface area (Å²) in [6.45, 7) is -2.82. The van der Waals surface area contributed by atoms with Crippen LogP contribution < -0.4 is 0 Å². The zero-order valence-electron chi connectivity index (χ0n) is 7.73. The Balaban J connectivity index is 0.000000280. The molecular formula is C9H9F2NO3. The van der Waals surface area contributed by atoms with E-state index in [2.05, 4.69) is 9.72 Å². The fourth-order valence-electron chi connectivity index (χ4n) is 0.494. The van der Waals surface area contributed by atoms with Crippen LogP contribution >= 0.6 is 0 Å². The number of pyridine rings is 1. The summed E-state index contributed by atoms with van der Waals surface area (Å²) in [7, 11) is 0. The van der Waals surface area contributed by atoms with Gasteiger partial charge in [-0.15, -0.1) is 0 Å². The van der Waals surface area contributed by atoms with Gasteiger partial charge in [0.25, 0.3) is 0 Å². The number of hydrogen-bond acceptors (Lipinski definition) is 4. The van der Waals surface area contributed by atoms with Crippen molar-refractivity contribution in [3.63, 3.8) is 0 Å². The predicted molar refractivity (Wildman–Crippen MR) is 47.3 cm³/mol. The van der Waals surface area contributed by atoms with Gasteiger partial charge >= 0.3 is 11.9 Å². The summed E-state index contributed by atoms with van der Waals surface area (Å²) in [6.07, 6.45) is 3.50. The third kappa shape index (κ3) is 8.48. The van der Waals surface area contributed by atoms with E-state index in [0.717, 1.165) is 0 Å². The van der Waals surface area contributed by atoms with E-state index in [4.69, 9.17) is 0 Å². The smallest absolute Gasteiger partial charge is 0.345 e. The normalized spacial score (nSPS) is 8.40. The fourth-order valence-corrected chi connectivity index (χ4v) is 0.494. The van der Waals surface area contributed by atoms with E-state index in [-0.39, 0.29) is 0 Å². The highest BCUT2D eigenvalue weighted by atomic mass is 19.1. The van der Waals surface area contributed by atoms with E-state index in [0.29, 0.717) is 0 Å². The number of hydrogen-bond donors (Lipinski definition) is 0. The van der Waals surface area contributed by atoms with Crippen molar-refractivity contribution in [2.75, 3.05) is 13.3 Å². The molecule has 1 aromatic heterocycles. The summed E-state index contributed by atoms with van der Waals surface area (Å²) < 4.78 is 25.8. The topological polar surface area (TPSA) is 56.3 Å². The molecule has 15 heavy (non-hydrogen) atoms. The van der Waals surface area contributed by atoms with Crippen molar-refractivity contribution in [3.05, 3.63) is 30.6 Å². The molecule has 1 rings (SSSR count). The van der Waals surface area contributed by atoms with Crippen LogP contribution in [0.25, 0.3) is 0 Å². The Morgan fingerprint density at radius 3 is 1.67 bits per heavy atom. The maximum absolute atomic E-state index is 11.1. The zero-order valence-corrected chi connectivity index (χ0v) is 7.73. The van der Waals surface area contributed by atoms with E-state index in [1.54, 1.807) is 12.4 Å². The average Bonchev–Trinajstić information content (AvgIpc) is 2.31. The largest absolute Gasteiger partial charge is 0.389 e. The lowest BCUT2D eigenvalue weighted by Gasteiger charge is -1.92. The van der Waals surface area contributed by atoms with Crippen molar-refractivity contribution in [2.24, 2.45) is 0 Å². The van der Waals surface area contributed by atoms with Crippen LogP contribution in [0, 0.1) is 0 Å². The van der Waals surface area contributed by atoms with E-state index in [1.165, 1.54) is 0 Å². The van der Waals surface area contributed by atoms with Crippen molar-refractivity contribution < 1.29 is 23.1 Å². The third-order valence-corrected chi connectivity index (χ3v) is 1.01. The molecule has 6 heteroatoms. The molecule has 0 N–H and O–H groups in total. The number of ether oxygens (including phenoxy) is 1. The molecule has 0 aliphatic carbocycles. The number of aromatic nitrogens is 1. The van der Waals surface area contributed by atoms with Gasteiger partial charge in [-0.1, -0.05) is 6.07 Å². The van der Waals surface area contributed by atoms with Crippen LogP contribution in [-0.4, -0.2) is 30.3 Å². The van der Waals surface area contributed by atoms with Gasteiger partial charge in [-0.25, -0.2) is 18.4 Å². The number of halogens is 2. The first-order valence-corrected chi connectivity index (χ1v) is 3.91. The Kier molecular flexibility index (Phi) is 7.66. The molecule has 82 valence electrons. The number of alkyl halides is 2. The van der Waals surface area contributed by atoms with E-state index in [1.807, 2.05) is 18.2 Å². The second-order valence-electron chi connectivity index (χ2n) is 2.14. The highest BCUT2D eigenvalue weighted by molar-refractivity contribution is 5.86. The van der Waals surface area contributed by atoms with Gasteiger partial charge in [0.05, 0.1) is 0 Å². The van der Waals surface area contributed by atoms with Gasteiger partial charge in [-0.05, 0) is 12.1 Å². The third-order valence-electron chi connectivity index (χ3n) is 1.01. The fraction of sp³-hybridized carbons (Fsp3) is 0.222. The summed E-state index contributed by atoms with van der Waals surface area (Å²) in [5, 5.41) is 0. The molecule has 0 saturated heterocycles. The number of nitrogens with zero attached hydrogens (tertiary/aromatic N) is 1. The van der Waals surface area contributed by atoms with Crippen LogP contribution in [0.15, 0.2) is 30.6 Å². The van der Waals surface area contributed by atoms with Gasteiger partial charge in [0.1, 0.15) is 0 Å². The highest BCUT2D eigenvalue weighted by Gasteiger charge is 2.07. The van der Waals surface area contributed by atoms with Crippen LogP contribution in [-0.2, 0) is 14.3 Å². The minimum absolute atomic E-state index is 1.36. The molecule has 0 amide bonds. The van der Waals surface area contributed by atoms with Crippen LogP contribution in [0.3, 0.4) is 0 Å². The first kappa shape index (κ1) is 13.2. The number of carbonyl (C=O) groups is 2. The molecule has 0 saturated carbocycles. The molecule has 1 heterocycles. The molecule has 0 spiro atoms. The highest BCUT2D eigenvalue weighted by Crippen LogP contribution is 1.82. The number of carbonyl (C=O) groups excluding carboxylic acids is 2. The van der Waals surface area contributed by atoms with Crippen LogP contribution in [0.2, 0.25) is 0 Å². The van der Waals surface area contributed by atoms with Crippen molar-refractivity contribution in [1.29, 1.82) is 0 Å². The predicted octanol–water partition coefficient (Wildman–Crippen LogP) is 1.08. The summed E-state index contributed by atoms with van der Waals surface area (Å²) >= 11 is 0. The monoisotopic (exact) mass is 217 g/mol. The molecule has 0 fully saturated rings. The molecule has 0 aliphatic rings. The minimum atomic E-state index is -1.41. The molecule has 0 aromatic carbocycles. The first-order valence-electron chi connectivity index (χ1n) is 3.91. The van der Waals surface area contributed by atoms with Crippen molar-refractivity contribution in [2.45, 2.75) is 0 Å².